The van der Waals surface area contributed by atoms with Crippen molar-refractivity contribution in [2.45, 2.75) is 45.2 Å². The summed E-state index contributed by atoms with van der Waals surface area (Å²) >= 11 is 0. The van der Waals surface area contributed by atoms with Crippen molar-refractivity contribution >= 4 is 5.69 Å². The van der Waals surface area contributed by atoms with Crippen LogP contribution in [0.5, 0.6) is 0 Å². The van der Waals surface area contributed by atoms with Gasteiger partial charge >= 0.3 is 0 Å². The topological polar surface area (TPSA) is 15.3 Å². The highest BCUT2D eigenvalue weighted by Gasteiger charge is 2.27. The summed E-state index contributed by atoms with van der Waals surface area (Å²) in [7, 11) is 2.22. The van der Waals surface area contributed by atoms with Crippen molar-refractivity contribution in [1.29, 1.82) is 0 Å². The first-order chi connectivity index (χ1) is 15.2. The molecule has 2 aliphatic rings. The van der Waals surface area contributed by atoms with E-state index in [1.54, 1.807) is 0 Å². The number of anilines is 1. The lowest BCUT2D eigenvalue weighted by molar-refractivity contribution is 0.179. The number of para-hydroxylation sites is 1. The molecule has 0 aromatic heterocycles. The van der Waals surface area contributed by atoms with Crippen molar-refractivity contribution in [1.82, 2.24) is 5.32 Å². The summed E-state index contributed by atoms with van der Waals surface area (Å²) in [6.07, 6.45) is 5.49. The molecule has 3 aromatic carbocycles. The number of hydrogen-bond acceptors (Lipinski definition) is 2. The molecule has 2 nitrogen and oxygen atoms in total. The van der Waals surface area contributed by atoms with Crippen LogP contribution in [0.3, 0.4) is 0 Å². The van der Waals surface area contributed by atoms with Gasteiger partial charge in [0.1, 0.15) is 0 Å². The van der Waals surface area contributed by atoms with Gasteiger partial charge in [0.25, 0.3) is 0 Å². The molecule has 3 atom stereocenters. The van der Waals surface area contributed by atoms with Gasteiger partial charge in [0, 0.05) is 19.3 Å². The van der Waals surface area contributed by atoms with E-state index in [0.29, 0.717) is 0 Å². The van der Waals surface area contributed by atoms with E-state index in [4.69, 9.17) is 0 Å². The van der Waals surface area contributed by atoms with Gasteiger partial charge in [0.15, 0.2) is 0 Å². The summed E-state index contributed by atoms with van der Waals surface area (Å²) in [5.41, 5.74) is 8.17. The SMILES string of the molecule is CC1CCC1CCCNC1c2ccc(-c3ccccc3)cc2CN(C)c2ccccc21. The smallest absolute Gasteiger partial charge is 0.0600 e. The van der Waals surface area contributed by atoms with Gasteiger partial charge in [0.2, 0.25) is 0 Å². The minimum atomic E-state index is 0.250. The van der Waals surface area contributed by atoms with Crippen LogP contribution >= 0.6 is 0 Å². The summed E-state index contributed by atoms with van der Waals surface area (Å²) in [4.78, 5) is 2.40. The number of fused-ring (bicyclic) bond motifs is 2. The van der Waals surface area contributed by atoms with Crippen LogP contribution in [0.4, 0.5) is 5.69 Å². The fraction of sp³-hybridized carbons (Fsp3) is 0.379. The highest BCUT2D eigenvalue weighted by atomic mass is 15.1. The molecule has 2 heteroatoms. The van der Waals surface area contributed by atoms with Crippen LogP contribution in [0, 0.1) is 11.8 Å². The van der Waals surface area contributed by atoms with Crippen LogP contribution in [0.1, 0.15) is 55.3 Å². The minimum absolute atomic E-state index is 0.250. The Bertz CT molecular complexity index is 1030. The Hall–Kier alpha value is -2.58. The van der Waals surface area contributed by atoms with Gasteiger partial charge in [-0.3, -0.25) is 0 Å². The van der Waals surface area contributed by atoms with Crippen molar-refractivity contribution in [3.05, 3.63) is 89.5 Å². The molecule has 3 aromatic rings. The first kappa shape index (κ1) is 20.3. The molecule has 31 heavy (non-hydrogen) atoms. The molecule has 0 radical (unpaired) electrons. The van der Waals surface area contributed by atoms with Crippen molar-refractivity contribution in [2.24, 2.45) is 11.8 Å². The maximum Gasteiger partial charge on any atom is 0.0600 e. The van der Waals surface area contributed by atoms with Gasteiger partial charge in [-0.05, 0) is 77.6 Å². The summed E-state index contributed by atoms with van der Waals surface area (Å²) < 4.78 is 0. The highest BCUT2D eigenvalue weighted by molar-refractivity contribution is 5.67. The largest absolute Gasteiger partial charge is 0.370 e. The standard InChI is InChI=1S/C29H34N2/c1-21-14-15-22(21)11-8-18-30-29-26-17-16-24(23-9-4-3-5-10-23)19-25(26)20-31(2)28-13-7-6-12-27(28)29/h3-7,9-10,12-13,16-17,19,21-22,29-30H,8,11,14-15,18,20H2,1-2H3. The fourth-order valence-electron chi connectivity index (χ4n) is 5.42. The molecule has 1 saturated carbocycles. The second-order valence-corrected chi connectivity index (χ2v) is 9.54. The first-order valence-electron chi connectivity index (χ1n) is 11.9. The molecule has 0 spiro atoms. The summed E-state index contributed by atoms with van der Waals surface area (Å²) in [6, 6.07) is 27.0. The number of hydrogen-bond donors (Lipinski definition) is 1. The molecule has 0 amide bonds. The molecule has 3 unspecified atom stereocenters. The van der Waals surface area contributed by atoms with E-state index >= 15 is 0 Å². The molecule has 0 bridgehead atoms. The van der Waals surface area contributed by atoms with E-state index < -0.39 is 0 Å². The molecular formula is C29H34N2. The average molecular weight is 411 g/mol. The van der Waals surface area contributed by atoms with Crippen molar-refractivity contribution in [2.75, 3.05) is 18.5 Å². The Morgan fingerprint density at radius 2 is 1.68 bits per heavy atom. The molecule has 1 fully saturated rings. The molecule has 1 aliphatic carbocycles. The van der Waals surface area contributed by atoms with Crippen molar-refractivity contribution in [3.8, 4) is 11.1 Å². The van der Waals surface area contributed by atoms with Crippen LogP contribution in [-0.2, 0) is 6.54 Å². The molecule has 1 aliphatic heterocycles. The van der Waals surface area contributed by atoms with Crippen LogP contribution < -0.4 is 10.2 Å². The van der Waals surface area contributed by atoms with Crippen molar-refractivity contribution in [3.63, 3.8) is 0 Å². The second kappa shape index (κ2) is 8.88. The van der Waals surface area contributed by atoms with E-state index in [9.17, 15) is 0 Å². The van der Waals surface area contributed by atoms with Gasteiger partial charge in [0.05, 0.1) is 6.04 Å². The van der Waals surface area contributed by atoms with Gasteiger partial charge in [-0.2, -0.15) is 0 Å². The average Bonchev–Trinajstić information content (AvgIpc) is 2.92. The molecule has 5 rings (SSSR count). The Kier molecular flexibility index (Phi) is 5.82. The van der Waals surface area contributed by atoms with Crippen LogP contribution in [0.25, 0.3) is 11.1 Å². The Balaban J connectivity index is 1.43. The molecule has 1 heterocycles. The van der Waals surface area contributed by atoms with E-state index in [0.717, 1.165) is 24.9 Å². The molecule has 0 saturated heterocycles. The predicted molar refractivity (Wildman–Crippen MR) is 131 cm³/mol. The zero-order valence-corrected chi connectivity index (χ0v) is 18.9. The Morgan fingerprint density at radius 3 is 2.45 bits per heavy atom. The maximum atomic E-state index is 3.95. The van der Waals surface area contributed by atoms with Crippen LogP contribution in [0.15, 0.2) is 72.8 Å². The predicted octanol–water partition coefficient (Wildman–Crippen LogP) is 6.81. The number of nitrogens with one attached hydrogen (secondary N) is 1. The van der Waals surface area contributed by atoms with Crippen molar-refractivity contribution < 1.29 is 0 Å². The molecule has 160 valence electrons. The lowest BCUT2D eigenvalue weighted by Crippen LogP contribution is -2.27. The third-order valence-electron chi connectivity index (χ3n) is 7.53. The van der Waals surface area contributed by atoms with Gasteiger partial charge in [-0.25, -0.2) is 0 Å². The van der Waals surface area contributed by atoms with Gasteiger partial charge < -0.3 is 10.2 Å². The minimum Gasteiger partial charge on any atom is -0.370 e. The number of benzene rings is 3. The third kappa shape index (κ3) is 4.14. The Labute approximate surface area is 187 Å². The van der Waals surface area contributed by atoms with E-state index in [1.807, 2.05) is 0 Å². The Morgan fingerprint density at radius 1 is 0.871 bits per heavy atom. The van der Waals surface area contributed by atoms with E-state index in [2.05, 4.69) is 97.0 Å². The number of nitrogens with zero attached hydrogens (tertiary/aromatic N) is 1. The number of rotatable bonds is 6. The fourth-order valence-corrected chi connectivity index (χ4v) is 5.42. The van der Waals surface area contributed by atoms with E-state index in [-0.39, 0.29) is 6.04 Å². The third-order valence-corrected chi connectivity index (χ3v) is 7.53. The van der Waals surface area contributed by atoms with Crippen LogP contribution in [-0.4, -0.2) is 13.6 Å². The van der Waals surface area contributed by atoms with Crippen LogP contribution in [0.2, 0.25) is 0 Å². The van der Waals surface area contributed by atoms with E-state index in [1.165, 1.54) is 59.2 Å². The zero-order valence-electron chi connectivity index (χ0n) is 18.9. The molecular weight excluding hydrogens is 376 g/mol. The quantitative estimate of drug-likeness (QED) is 0.449. The lowest BCUT2D eigenvalue weighted by Gasteiger charge is -2.34. The first-order valence-corrected chi connectivity index (χ1v) is 11.9. The van der Waals surface area contributed by atoms with Gasteiger partial charge in [-0.15, -0.1) is 0 Å². The lowest BCUT2D eigenvalue weighted by atomic mass is 9.73. The zero-order chi connectivity index (χ0) is 21.2. The monoisotopic (exact) mass is 410 g/mol. The summed E-state index contributed by atoms with van der Waals surface area (Å²) in [5, 5.41) is 3.95. The second-order valence-electron chi connectivity index (χ2n) is 9.54. The maximum absolute atomic E-state index is 3.95. The summed E-state index contributed by atoms with van der Waals surface area (Å²) in [6.45, 7) is 4.43. The molecule has 1 N–H and O–H groups in total. The summed E-state index contributed by atoms with van der Waals surface area (Å²) in [5.74, 6) is 1.89. The normalized spacial score (nSPS) is 22.3. The van der Waals surface area contributed by atoms with Gasteiger partial charge in [-0.1, -0.05) is 74.0 Å². The highest BCUT2D eigenvalue weighted by Crippen LogP contribution is 2.39.